The minimum atomic E-state index is -3.23. The lowest BCUT2D eigenvalue weighted by atomic mass is 10.2. The zero-order chi connectivity index (χ0) is 14.6. The van der Waals surface area contributed by atoms with Crippen molar-refractivity contribution >= 4 is 9.84 Å². The van der Waals surface area contributed by atoms with Crippen LogP contribution in [0.3, 0.4) is 0 Å². The van der Waals surface area contributed by atoms with Crippen molar-refractivity contribution < 1.29 is 17.9 Å². The summed E-state index contributed by atoms with van der Waals surface area (Å²) in [5, 5.41) is 3.31. The normalized spacial score (nSPS) is 18.0. The van der Waals surface area contributed by atoms with E-state index in [9.17, 15) is 8.42 Å². The van der Waals surface area contributed by atoms with Crippen LogP contribution in [0.25, 0.3) is 0 Å². The number of sulfone groups is 1. The Labute approximate surface area is 120 Å². The van der Waals surface area contributed by atoms with Crippen molar-refractivity contribution in [3.05, 3.63) is 18.2 Å². The predicted molar refractivity (Wildman–Crippen MR) is 77.2 cm³/mol. The second-order valence-corrected chi connectivity index (χ2v) is 7.00. The first-order valence-corrected chi connectivity index (χ1v) is 8.74. The fourth-order valence-corrected chi connectivity index (χ4v) is 2.63. The summed E-state index contributed by atoms with van der Waals surface area (Å²) in [4.78, 5) is 0.249. The third-order valence-electron chi connectivity index (χ3n) is 3.14. The fourth-order valence-electron chi connectivity index (χ4n) is 1.99. The molecule has 0 aromatic heterocycles. The molecule has 1 aromatic carbocycles. The van der Waals surface area contributed by atoms with Crippen LogP contribution in [0.4, 0.5) is 0 Å². The van der Waals surface area contributed by atoms with E-state index in [1.165, 1.54) is 18.4 Å². The summed E-state index contributed by atoms with van der Waals surface area (Å²) in [6.07, 6.45) is 3.37. The van der Waals surface area contributed by atoms with Crippen molar-refractivity contribution in [2.75, 3.05) is 26.0 Å². The maximum atomic E-state index is 11.5. The highest BCUT2D eigenvalue weighted by Crippen LogP contribution is 2.33. The highest BCUT2D eigenvalue weighted by molar-refractivity contribution is 7.90. The number of rotatable bonds is 6. The van der Waals surface area contributed by atoms with Gasteiger partial charge in [-0.05, 0) is 25.1 Å². The number of unbranched alkanes of at least 4 members (excludes halogenated alkanes) is 1. The second kappa shape index (κ2) is 6.45. The first-order valence-electron chi connectivity index (χ1n) is 6.85. The van der Waals surface area contributed by atoms with E-state index in [1.54, 1.807) is 6.07 Å². The highest BCUT2D eigenvalue weighted by atomic mass is 32.2. The lowest BCUT2D eigenvalue weighted by Crippen LogP contribution is -2.38. The molecule has 112 valence electrons. The summed E-state index contributed by atoms with van der Waals surface area (Å²) in [5.41, 5.74) is 0. The number of hydrogen-bond donors (Lipinski definition) is 1. The molecular weight excluding hydrogens is 278 g/mol. The zero-order valence-electron chi connectivity index (χ0n) is 11.9. The van der Waals surface area contributed by atoms with Gasteiger partial charge in [0, 0.05) is 18.9 Å². The van der Waals surface area contributed by atoms with Crippen molar-refractivity contribution in [1.29, 1.82) is 0 Å². The molecule has 1 unspecified atom stereocenters. The molecule has 0 bridgehead atoms. The average Bonchev–Trinajstić information content (AvgIpc) is 2.42. The summed E-state index contributed by atoms with van der Waals surface area (Å²) < 4.78 is 34.5. The number of benzene rings is 1. The minimum absolute atomic E-state index is 0.0887. The van der Waals surface area contributed by atoms with Crippen molar-refractivity contribution in [2.24, 2.45) is 0 Å². The summed E-state index contributed by atoms with van der Waals surface area (Å²) in [5.74, 6) is 1.10. The first-order chi connectivity index (χ1) is 9.50. The van der Waals surface area contributed by atoms with Crippen LogP contribution in [0.15, 0.2) is 23.1 Å². The second-order valence-electron chi connectivity index (χ2n) is 4.99. The van der Waals surface area contributed by atoms with Gasteiger partial charge in [0.1, 0.15) is 12.7 Å². The monoisotopic (exact) mass is 299 g/mol. The van der Waals surface area contributed by atoms with Crippen LogP contribution in [-0.4, -0.2) is 40.5 Å². The summed E-state index contributed by atoms with van der Waals surface area (Å²) >= 11 is 0. The molecule has 0 aliphatic carbocycles. The van der Waals surface area contributed by atoms with E-state index in [4.69, 9.17) is 9.47 Å². The van der Waals surface area contributed by atoms with Gasteiger partial charge in [0.15, 0.2) is 21.3 Å². The predicted octanol–water partition coefficient (Wildman–Crippen LogP) is 1.62. The number of fused-ring (bicyclic) bond motifs is 1. The van der Waals surface area contributed by atoms with Gasteiger partial charge >= 0.3 is 0 Å². The van der Waals surface area contributed by atoms with E-state index in [-0.39, 0.29) is 11.0 Å². The minimum Gasteiger partial charge on any atom is -0.486 e. The van der Waals surface area contributed by atoms with Crippen LogP contribution in [0, 0.1) is 0 Å². The van der Waals surface area contributed by atoms with E-state index >= 15 is 0 Å². The van der Waals surface area contributed by atoms with E-state index in [0.717, 1.165) is 19.4 Å². The molecule has 1 aromatic rings. The molecular formula is C14H21NO4S. The molecule has 1 atom stereocenters. The Balaban J connectivity index is 2.01. The van der Waals surface area contributed by atoms with Gasteiger partial charge in [-0.15, -0.1) is 0 Å². The molecule has 0 amide bonds. The number of ether oxygens (including phenoxy) is 2. The Morgan fingerprint density at radius 3 is 2.85 bits per heavy atom. The third kappa shape index (κ3) is 3.86. The summed E-state index contributed by atoms with van der Waals surface area (Å²) in [6, 6.07) is 4.71. The Morgan fingerprint density at radius 2 is 2.15 bits per heavy atom. The van der Waals surface area contributed by atoms with Gasteiger partial charge in [0.25, 0.3) is 0 Å². The van der Waals surface area contributed by atoms with Gasteiger partial charge in [0.05, 0.1) is 4.90 Å². The molecule has 0 spiro atoms. The van der Waals surface area contributed by atoms with Crippen molar-refractivity contribution in [2.45, 2.75) is 30.8 Å². The first kappa shape index (κ1) is 15.1. The van der Waals surface area contributed by atoms with Crippen molar-refractivity contribution in [3.63, 3.8) is 0 Å². The third-order valence-corrected chi connectivity index (χ3v) is 4.25. The Morgan fingerprint density at radius 1 is 1.35 bits per heavy atom. The zero-order valence-corrected chi connectivity index (χ0v) is 12.7. The Bertz CT molecular complexity index is 556. The van der Waals surface area contributed by atoms with Gasteiger partial charge in [0.2, 0.25) is 0 Å². The van der Waals surface area contributed by atoms with Gasteiger partial charge < -0.3 is 14.8 Å². The van der Waals surface area contributed by atoms with Crippen molar-refractivity contribution in [1.82, 2.24) is 5.32 Å². The Kier molecular flexibility index (Phi) is 4.88. The standard InChI is InChI=1S/C14H21NO4S/c1-3-4-7-15-9-11-10-18-13-6-5-12(20(2,16)17)8-14(13)19-11/h5-6,8,11,15H,3-4,7,9-10H2,1-2H3. The molecule has 1 heterocycles. The molecule has 0 fully saturated rings. The SMILES string of the molecule is CCCCNCC1COc2ccc(S(C)(=O)=O)cc2O1. The van der Waals surface area contributed by atoms with E-state index in [2.05, 4.69) is 12.2 Å². The maximum Gasteiger partial charge on any atom is 0.175 e. The summed E-state index contributed by atoms with van der Waals surface area (Å²) in [7, 11) is -3.23. The molecule has 1 N–H and O–H groups in total. The van der Waals surface area contributed by atoms with Crippen LogP contribution in [0.1, 0.15) is 19.8 Å². The largest absolute Gasteiger partial charge is 0.486 e. The number of nitrogens with one attached hydrogen (secondary N) is 1. The van der Waals surface area contributed by atoms with E-state index < -0.39 is 9.84 Å². The van der Waals surface area contributed by atoms with Crippen LogP contribution < -0.4 is 14.8 Å². The molecule has 6 heteroatoms. The highest BCUT2D eigenvalue weighted by Gasteiger charge is 2.22. The topological polar surface area (TPSA) is 64.6 Å². The molecule has 1 aliphatic heterocycles. The van der Waals surface area contributed by atoms with Gasteiger partial charge in [-0.1, -0.05) is 13.3 Å². The summed E-state index contributed by atoms with van der Waals surface area (Å²) in [6.45, 7) is 4.27. The molecule has 1 aliphatic rings. The fraction of sp³-hybridized carbons (Fsp3) is 0.571. The molecule has 0 saturated carbocycles. The van der Waals surface area contributed by atoms with Crippen LogP contribution in [0.2, 0.25) is 0 Å². The molecule has 0 saturated heterocycles. The quantitative estimate of drug-likeness (QED) is 0.809. The Hall–Kier alpha value is -1.27. The molecule has 2 rings (SSSR count). The van der Waals surface area contributed by atoms with Gasteiger partial charge in [-0.3, -0.25) is 0 Å². The number of hydrogen-bond acceptors (Lipinski definition) is 5. The molecule has 20 heavy (non-hydrogen) atoms. The van der Waals surface area contributed by atoms with E-state index in [1.807, 2.05) is 0 Å². The van der Waals surface area contributed by atoms with Gasteiger partial charge in [-0.25, -0.2) is 8.42 Å². The average molecular weight is 299 g/mol. The van der Waals surface area contributed by atoms with E-state index in [0.29, 0.717) is 24.7 Å². The molecule has 5 nitrogen and oxygen atoms in total. The maximum absolute atomic E-state index is 11.5. The smallest absolute Gasteiger partial charge is 0.175 e. The van der Waals surface area contributed by atoms with Crippen molar-refractivity contribution in [3.8, 4) is 11.5 Å². The van der Waals surface area contributed by atoms with Gasteiger partial charge in [-0.2, -0.15) is 0 Å². The van der Waals surface area contributed by atoms with Crippen LogP contribution in [-0.2, 0) is 9.84 Å². The molecule has 0 radical (unpaired) electrons. The van der Waals surface area contributed by atoms with Crippen LogP contribution in [0.5, 0.6) is 11.5 Å². The lowest BCUT2D eigenvalue weighted by Gasteiger charge is -2.27. The van der Waals surface area contributed by atoms with Crippen LogP contribution >= 0.6 is 0 Å². The lowest BCUT2D eigenvalue weighted by molar-refractivity contribution is 0.0901.